The van der Waals surface area contributed by atoms with Crippen molar-refractivity contribution in [3.63, 3.8) is 0 Å². The van der Waals surface area contributed by atoms with Crippen LogP contribution in [0.3, 0.4) is 0 Å². The highest BCUT2D eigenvalue weighted by atomic mass is 16.2. The Labute approximate surface area is 161 Å². The second-order valence-electron chi connectivity index (χ2n) is 6.00. The molecule has 0 fully saturated rings. The summed E-state index contributed by atoms with van der Waals surface area (Å²) in [6, 6.07) is 14.0. The van der Waals surface area contributed by atoms with E-state index in [2.05, 4.69) is 20.7 Å². The minimum Gasteiger partial charge on any atom is -0.353 e. The van der Waals surface area contributed by atoms with Gasteiger partial charge in [-0.1, -0.05) is 24.3 Å². The van der Waals surface area contributed by atoms with Gasteiger partial charge in [-0.05, 0) is 24.3 Å². The van der Waals surface area contributed by atoms with Crippen LogP contribution in [-0.4, -0.2) is 44.2 Å². The van der Waals surface area contributed by atoms with Crippen LogP contribution in [-0.2, 0) is 18.4 Å². The minimum atomic E-state index is -0.349. The highest BCUT2D eigenvalue weighted by Gasteiger charge is 2.13. The Morgan fingerprint density at radius 2 is 1.79 bits per heavy atom. The van der Waals surface area contributed by atoms with Crippen molar-refractivity contribution >= 4 is 11.8 Å². The van der Waals surface area contributed by atoms with E-state index in [9.17, 15) is 14.4 Å². The minimum absolute atomic E-state index is 0.149. The molecule has 2 N–H and O–H groups in total. The molecule has 1 aromatic carbocycles. The lowest BCUT2D eigenvalue weighted by atomic mass is 10.2. The first kappa shape index (κ1) is 19.0. The summed E-state index contributed by atoms with van der Waals surface area (Å²) in [5, 5.41) is 9.48. The summed E-state index contributed by atoms with van der Waals surface area (Å²) >= 11 is 0. The maximum Gasteiger partial charge on any atom is 0.346 e. The topological polar surface area (TPSA) is 111 Å². The molecule has 2 amide bonds. The third-order valence-electron chi connectivity index (χ3n) is 4.03. The van der Waals surface area contributed by atoms with Crippen LogP contribution in [0, 0.1) is 0 Å². The highest BCUT2D eigenvalue weighted by Crippen LogP contribution is 2.10. The third kappa shape index (κ3) is 4.50. The van der Waals surface area contributed by atoms with Crippen LogP contribution in [0.15, 0.2) is 59.5 Å². The van der Waals surface area contributed by atoms with Gasteiger partial charge >= 0.3 is 5.69 Å². The number of hydrogen-bond donors (Lipinski definition) is 2. The number of aromatic nitrogens is 4. The van der Waals surface area contributed by atoms with E-state index in [0.29, 0.717) is 17.1 Å². The molecule has 0 saturated carbocycles. The van der Waals surface area contributed by atoms with Gasteiger partial charge in [-0.3, -0.25) is 19.1 Å². The molecular weight excluding hydrogens is 360 g/mol. The molecule has 3 rings (SSSR count). The van der Waals surface area contributed by atoms with Crippen LogP contribution < -0.4 is 16.3 Å². The Hall–Kier alpha value is -3.75. The van der Waals surface area contributed by atoms with Crippen molar-refractivity contribution in [2.24, 2.45) is 7.05 Å². The lowest BCUT2D eigenvalue weighted by Gasteiger charge is -2.06. The Balaban J connectivity index is 1.50. The van der Waals surface area contributed by atoms with Gasteiger partial charge in [0.15, 0.2) is 5.82 Å². The summed E-state index contributed by atoms with van der Waals surface area (Å²) in [6.07, 6.45) is 1.63. The number of nitrogens with zero attached hydrogens (tertiary/aromatic N) is 4. The Morgan fingerprint density at radius 3 is 2.50 bits per heavy atom. The molecule has 0 spiro atoms. The van der Waals surface area contributed by atoms with E-state index in [1.807, 2.05) is 12.1 Å². The molecule has 2 aromatic heterocycles. The Kier molecular flexibility index (Phi) is 5.95. The van der Waals surface area contributed by atoms with Crippen LogP contribution in [0.1, 0.15) is 10.4 Å². The number of carbonyl (C=O) groups is 2. The smallest absolute Gasteiger partial charge is 0.346 e. The summed E-state index contributed by atoms with van der Waals surface area (Å²) in [4.78, 5) is 40.3. The Bertz CT molecular complexity index is 1010. The number of pyridine rings is 1. The third-order valence-corrected chi connectivity index (χ3v) is 4.03. The van der Waals surface area contributed by atoms with E-state index in [1.165, 1.54) is 9.25 Å². The molecule has 0 aliphatic heterocycles. The zero-order chi connectivity index (χ0) is 19.9. The number of carbonyl (C=O) groups excluding carboxylic acids is 2. The summed E-state index contributed by atoms with van der Waals surface area (Å²) in [5.41, 5.74) is 0.776. The molecule has 0 bridgehead atoms. The van der Waals surface area contributed by atoms with Crippen molar-refractivity contribution in [1.82, 2.24) is 30.0 Å². The Morgan fingerprint density at radius 1 is 1.04 bits per heavy atom. The number of nitrogens with one attached hydrogen (secondary N) is 2. The van der Waals surface area contributed by atoms with Crippen molar-refractivity contribution in [3.8, 4) is 11.5 Å². The second kappa shape index (κ2) is 8.76. The lowest BCUT2D eigenvalue weighted by molar-refractivity contribution is -0.120. The molecule has 28 heavy (non-hydrogen) atoms. The van der Waals surface area contributed by atoms with Gasteiger partial charge in [-0.2, -0.15) is 0 Å². The van der Waals surface area contributed by atoms with Gasteiger partial charge in [0.2, 0.25) is 5.91 Å². The van der Waals surface area contributed by atoms with Crippen molar-refractivity contribution in [1.29, 1.82) is 0 Å². The summed E-state index contributed by atoms with van der Waals surface area (Å²) in [5.74, 6) is -0.220. The molecule has 2 heterocycles. The molecule has 0 saturated heterocycles. The average molecular weight is 380 g/mol. The van der Waals surface area contributed by atoms with E-state index in [4.69, 9.17) is 0 Å². The first-order chi connectivity index (χ1) is 13.6. The largest absolute Gasteiger partial charge is 0.353 e. The zero-order valence-electron chi connectivity index (χ0n) is 15.3. The van der Waals surface area contributed by atoms with Crippen molar-refractivity contribution in [2.75, 3.05) is 13.1 Å². The fourth-order valence-electron chi connectivity index (χ4n) is 2.57. The fraction of sp³-hybridized carbons (Fsp3) is 0.211. The molecule has 3 aromatic rings. The maximum atomic E-state index is 12.3. The van der Waals surface area contributed by atoms with E-state index in [0.717, 1.165) is 0 Å². The van der Waals surface area contributed by atoms with E-state index >= 15 is 0 Å². The average Bonchev–Trinajstić information content (AvgIpc) is 3.02. The molecular formula is C19H20N6O3. The second-order valence-corrected chi connectivity index (χ2v) is 6.00. The number of amides is 2. The normalized spacial score (nSPS) is 10.5. The van der Waals surface area contributed by atoms with Crippen LogP contribution >= 0.6 is 0 Å². The molecule has 0 radical (unpaired) electrons. The number of rotatable bonds is 7. The van der Waals surface area contributed by atoms with Crippen molar-refractivity contribution in [2.45, 2.75) is 6.54 Å². The van der Waals surface area contributed by atoms with Crippen molar-refractivity contribution < 1.29 is 9.59 Å². The maximum absolute atomic E-state index is 12.3. The fourth-order valence-corrected chi connectivity index (χ4v) is 2.57. The van der Waals surface area contributed by atoms with Gasteiger partial charge in [-0.15, -0.1) is 5.10 Å². The predicted octanol–water partition coefficient (Wildman–Crippen LogP) is 0.190. The van der Waals surface area contributed by atoms with Gasteiger partial charge in [0, 0.05) is 25.4 Å². The summed E-state index contributed by atoms with van der Waals surface area (Å²) in [7, 11) is 1.62. The van der Waals surface area contributed by atoms with Gasteiger partial charge in [0.05, 0.1) is 13.1 Å². The van der Waals surface area contributed by atoms with Crippen LogP contribution in [0.5, 0.6) is 0 Å². The first-order valence-electron chi connectivity index (χ1n) is 8.71. The van der Waals surface area contributed by atoms with Crippen LogP contribution in [0.25, 0.3) is 11.5 Å². The quantitative estimate of drug-likeness (QED) is 0.608. The van der Waals surface area contributed by atoms with Crippen LogP contribution in [0.2, 0.25) is 0 Å². The molecule has 9 heteroatoms. The van der Waals surface area contributed by atoms with Gasteiger partial charge in [0.1, 0.15) is 5.69 Å². The standard InChI is InChI=1S/C19H20N6O3/c1-24-17(15-9-5-6-10-20-15)23-25(19(24)28)12-11-21-16(26)13-22-18(27)14-7-3-2-4-8-14/h2-10H,11-13H2,1H3,(H,21,26)(H,22,27). The predicted molar refractivity (Wildman–Crippen MR) is 102 cm³/mol. The number of hydrogen-bond acceptors (Lipinski definition) is 5. The number of benzene rings is 1. The summed E-state index contributed by atoms with van der Waals surface area (Å²) < 4.78 is 2.68. The summed E-state index contributed by atoms with van der Waals surface area (Å²) in [6.45, 7) is 0.264. The zero-order valence-corrected chi connectivity index (χ0v) is 15.3. The molecule has 9 nitrogen and oxygen atoms in total. The molecule has 0 unspecified atom stereocenters. The van der Waals surface area contributed by atoms with E-state index < -0.39 is 0 Å². The van der Waals surface area contributed by atoms with E-state index in [1.54, 1.807) is 49.6 Å². The van der Waals surface area contributed by atoms with Gasteiger partial charge in [-0.25, -0.2) is 9.48 Å². The SMILES string of the molecule is Cn1c(-c2ccccn2)nn(CCNC(=O)CNC(=O)c2ccccc2)c1=O. The van der Waals surface area contributed by atoms with Gasteiger partial charge in [0.25, 0.3) is 5.91 Å². The van der Waals surface area contributed by atoms with Gasteiger partial charge < -0.3 is 10.6 Å². The van der Waals surface area contributed by atoms with Crippen LogP contribution in [0.4, 0.5) is 0 Å². The molecule has 0 aliphatic rings. The lowest BCUT2D eigenvalue weighted by Crippen LogP contribution is -2.39. The first-order valence-corrected chi connectivity index (χ1v) is 8.71. The van der Waals surface area contributed by atoms with E-state index in [-0.39, 0.29) is 37.1 Å². The molecule has 0 atom stereocenters. The van der Waals surface area contributed by atoms with Crippen molar-refractivity contribution in [3.05, 3.63) is 70.8 Å². The molecule has 144 valence electrons. The molecule has 0 aliphatic carbocycles. The monoisotopic (exact) mass is 380 g/mol. The highest BCUT2D eigenvalue weighted by molar-refractivity contribution is 5.96.